The molecule has 14 heavy (non-hydrogen) atoms. The third-order valence-corrected chi connectivity index (χ3v) is 3.66. The molecule has 3 bridgehead atoms. The van der Waals surface area contributed by atoms with E-state index >= 15 is 0 Å². The van der Waals surface area contributed by atoms with Crippen LogP contribution in [0.4, 0.5) is 0 Å². The van der Waals surface area contributed by atoms with Crippen molar-refractivity contribution in [2.24, 2.45) is 11.8 Å². The average molecular weight is 198 g/mol. The van der Waals surface area contributed by atoms with Crippen molar-refractivity contribution in [3.05, 3.63) is 0 Å². The quantitative estimate of drug-likeness (QED) is 0.527. The van der Waals surface area contributed by atoms with Crippen molar-refractivity contribution in [3.63, 3.8) is 0 Å². The summed E-state index contributed by atoms with van der Waals surface area (Å²) in [5.41, 5.74) is 0. The molecule has 0 aromatic carbocycles. The first-order chi connectivity index (χ1) is 6.68. The maximum Gasteiger partial charge on any atom is 0.335 e. The number of hydrogen-bond donors (Lipinski definition) is 0. The van der Waals surface area contributed by atoms with Crippen LogP contribution in [0.3, 0.4) is 0 Å². The summed E-state index contributed by atoms with van der Waals surface area (Å²) in [7, 11) is 0. The van der Waals surface area contributed by atoms with Crippen LogP contribution in [0.5, 0.6) is 0 Å². The Morgan fingerprint density at radius 1 is 1.14 bits per heavy atom. The summed E-state index contributed by atoms with van der Waals surface area (Å²) in [6.45, 7) is 4.47. The third-order valence-electron chi connectivity index (χ3n) is 3.66. The monoisotopic (exact) mass is 198 g/mol. The summed E-state index contributed by atoms with van der Waals surface area (Å²) < 4.78 is 16.7. The second kappa shape index (κ2) is 2.70. The van der Waals surface area contributed by atoms with E-state index in [4.69, 9.17) is 14.2 Å². The highest BCUT2D eigenvalue weighted by atomic mass is 16.6. The summed E-state index contributed by atoms with van der Waals surface area (Å²) in [4.78, 5) is 11.5. The van der Waals surface area contributed by atoms with Gasteiger partial charge in [-0.15, -0.1) is 0 Å². The Morgan fingerprint density at radius 2 is 1.93 bits per heavy atom. The highest BCUT2D eigenvalue weighted by molar-refractivity contribution is 5.75. The molecule has 3 saturated heterocycles. The summed E-state index contributed by atoms with van der Waals surface area (Å²) in [6.07, 6.45) is -0.244. The van der Waals surface area contributed by atoms with Gasteiger partial charge in [0, 0.05) is 11.8 Å². The van der Waals surface area contributed by atoms with Crippen LogP contribution in [0.2, 0.25) is 0 Å². The highest BCUT2D eigenvalue weighted by Crippen LogP contribution is 2.43. The molecule has 4 nitrogen and oxygen atoms in total. The van der Waals surface area contributed by atoms with E-state index in [1.54, 1.807) is 0 Å². The molecule has 0 saturated carbocycles. The highest BCUT2D eigenvalue weighted by Gasteiger charge is 2.56. The van der Waals surface area contributed by atoms with E-state index < -0.39 is 6.10 Å². The first-order valence-electron chi connectivity index (χ1n) is 5.16. The molecule has 0 N–H and O–H groups in total. The normalized spacial score (nSPS) is 55.7. The molecule has 5 unspecified atom stereocenters. The first-order valence-corrected chi connectivity index (χ1v) is 5.16. The molecule has 4 heteroatoms. The SMILES string of the molecule is CC1C2O[C@@H]3C(COC2=O)OC1C3C. The molecule has 3 heterocycles. The fraction of sp³-hybridized carbons (Fsp3) is 0.900. The number of carbonyl (C=O) groups is 1. The van der Waals surface area contributed by atoms with Crippen LogP contribution in [0.25, 0.3) is 0 Å². The molecule has 0 spiro atoms. The first kappa shape index (κ1) is 8.68. The third kappa shape index (κ3) is 0.929. The fourth-order valence-corrected chi connectivity index (χ4v) is 2.86. The molecule has 3 aliphatic rings. The van der Waals surface area contributed by atoms with Crippen molar-refractivity contribution in [2.45, 2.75) is 38.3 Å². The Balaban J connectivity index is 1.99. The maximum absolute atomic E-state index is 11.5. The standard InChI is InChI=1S/C10H14O4/c1-4-7-5(2)9-10(11)12-3-6(13-7)8(4)14-9/h4-9H,3H2,1-2H3/t4?,5?,6?,7?,8-,9?/m0/s1. The topological polar surface area (TPSA) is 44.8 Å². The lowest BCUT2D eigenvalue weighted by Crippen LogP contribution is -2.47. The van der Waals surface area contributed by atoms with Gasteiger partial charge in [-0.3, -0.25) is 0 Å². The predicted molar refractivity (Wildman–Crippen MR) is 46.6 cm³/mol. The van der Waals surface area contributed by atoms with Crippen LogP contribution >= 0.6 is 0 Å². The molecule has 78 valence electrons. The van der Waals surface area contributed by atoms with Gasteiger partial charge in [0.15, 0.2) is 6.10 Å². The minimum Gasteiger partial charge on any atom is -0.461 e. The second-order valence-electron chi connectivity index (χ2n) is 4.51. The summed E-state index contributed by atoms with van der Waals surface area (Å²) in [6, 6.07) is 0. The number of carbonyl (C=O) groups excluding carboxylic acids is 1. The van der Waals surface area contributed by atoms with E-state index in [9.17, 15) is 4.79 Å². The van der Waals surface area contributed by atoms with Gasteiger partial charge in [-0.25, -0.2) is 4.79 Å². The minimum atomic E-state index is -0.409. The van der Waals surface area contributed by atoms with Crippen molar-refractivity contribution in [1.29, 1.82) is 0 Å². The summed E-state index contributed by atoms with van der Waals surface area (Å²) >= 11 is 0. The van der Waals surface area contributed by atoms with Gasteiger partial charge in [0.25, 0.3) is 0 Å². The number of cyclic esters (lactones) is 1. The van der Waals surface area contributed by atoms with Crippen molar-refractivity contribution in [3.8, 4) is 0 Å². The van der Waals surface area contributed by atoms with Crippen molar-refractivity contribution in [2.75, 3.05) is 6.61 Å². The van der Waals surface area contributed by atoms with Crippen LogP contribution in [0.1, 0.15) is 13.8 Å². The molecule has 0 aliphatic carbocycles. The Bertz CT molecular complexity index is 275. The van der Waals surface area contributed by atoms with Gasteiger partial charge in [0.05, 0.1) is 12.2 Å². The van der Waals surface area contributed by atoms with E-state index in [2.05, 4.69) is 6.92 Å². The van der Waals surface area contributed by atoms with Gasteiger partial charge < -0.3 is 14.2 Å². The number of hydrogen-bond acceptors (Lipinski definition) is 4. The Morgan fingerprint density at radius 3 is 2.71 bits per heavy atom. The van der Waals surface area contributed by atoms with Crippen LogP contribution in [-0.4, -0.2) is 37.0 Å². The average Bonchev–Trinajstić information content (AvgIpc) is 2.33. The molecule has 0 radical (unpaired) electrons. The number of esters is 1. The van der Waals surface area contributed by atoms with E-state index in [0.717, 1.165) is 0 Å². The second-order valence-corrected chi connectivity index (χ2v) is 4.51. The van der Waals surface area contributed by atoms with Crippen LogP contribution in [0.15, 0.2) is 0 Å². The molecule has 3 rings (SSSR count). The lowest BCUT2D eigenvalue weighted by Gasteiger charge is -2.34. The van der Waals surface area contributed by atoms with Gasteiger partial charge >= 0.3 is 5.97 Å². The van der Waals surface area contributed by atoms with Crippen molar-refractivity contribution < 1.29 is 19.0 Å². The lowest BCUT2D eigenvalue weighted by molar-refractivity contribution is -0.172. The van der Waals surface area contributed by atoms with Gasteiger partial charge in [-0.05, 0) is 0 Å². The largest absolute Gasteiger partial charge is 0.461 e. The molecule has 0 aromatic rings. The Labute approximate surface area is 82.5 Å². The zero-order valence-corrected chi connectivity index (χ0v) is 8.30. The van der Waals surface area contributed by atoms with Crippen molar-refractivity contribution in [1.82, 2.24) is 0 Å². The Hall–Kier alpha value is -0.610. The van der Waals surface area contributed by atoms with Gasteiger partial charge in [-0.2, -0.15) is 0 Å². The fourth-order valence-electron chi connectivity index (χ4n) is 2.86. The smallest absolute Gasteiger partial charge is 0.335 e. The van der Waals surface area contributed by atoms with Crippen LogP contribution < -0.4 is 0 Å². The predicted octanol–water partition coefficient (Wildman–Crippen LogP) is 0.350. The zero-order chi connectivity index (χ0) is 9.87. The summed E-state index contributed by atoms with van der Waals surface area (Å²) in [5, 5.41) is 0. The van der Waals surface area contributed by atoms with Gasteiger partial charge in [-0.1, -0.05) is 13.8 Å². The number of ether oxygens (including phenoxy) is 3. The Kier molecular flexibility index (Phi) is 1.67. The lowest BCUT2D eigenvalue weighted by atomic mass is 9.84. The molecule has 0 aromatic heterocycles. The number of fused-ring (bicyclic) bond motifs is 2. The molecular weight excluding hydrogens is 184 g/mol. The zero-order valence-electron chi connectivity index (χ0n) is 8.30. The summed E-state index contributed by atoms with van der Waals surface area (Å²) in [5.74, 6) is 0.269. The van der Waals surface area contributed by atoms with E-state index in [1.165, 1.54) is 0 Å². The van der Waals surface area contributed by atoms with Gasteiger partial charge in [0.2, 0.25) is 0 Å². The van der Waals surface area contributed by atoms with E-state index in [0.29, 0.717) is 12.5 Å². The number of rotatable bonds is 0. The molecule has 6 atom stereocenters. The molecule has 0 amide bonds. The molecule has 3 aliphatic heterocycles. The molecular formula is C10H14O4. The minimum absolute atomic E-state index is 0.0473. The van der Waals surface area contributed by atoms with E-state index in [-0.39, 0.29) is 30.2 Å². The van der Waals surface area contributed by atoms with Crippen LogP contribution in [0, 0.1) is 11.8 Å². The molecule has 3 fully saturated rings. The maximum atomic E-state index is 11.5. The van der Waals surface area contributed by atoms with Gasteiger partial charge in [0.1, 0.15) is 12.7 Å². The van der Waals surface area contributed by atoms with Crippen LogP contribution in [-0.2, 0) is 19.0 Å². The van der Waals surface area contributed by atoms with E-state index in [1.807, 2.05) is 6.92 Å². The van der Waals surface area contributed by atoms with Crippen molar-refractivity contribution >= 4 is 5.97 Å².